The summed E-state index contributed by atoms with van der Waals surface area (Å²) in [6.45, 7) is -0.0471. The fourth-order valence-corrected chi connectivity index (χ4v) is 5.71. The number of piperidine rings is 1. The van der Waals surface area contributed by atoms with E-state index in [1.807, 2.05) is 0 Å². The molecular formula is C19H22F3N5O4S. The van der Waals surface area contributed by atoms with E-state index in [1.165, 1.54) is 24.3 Å². The largest absolute Gasteiger partial charge is 0.364 e. The highest BCUT2D eigenvalue weighted by atomic mass is 32.3. The summed E-state index contributed by atoms with van der Waals surface area (Å²) in [7, 11) is -2.11. The van der Waals surface area contributed by atoms with Gasteiger partial charge in [0.2, 0.25) is 0 Å². The molecule has 0 radical (unpaired) electrons. The number of hydrogen-bond donors (Lipinski definition) is 2. The molecule has 4 heterocycles. The Morgan fingerprint density at radius 2 is 2.09 bits per heavy atom. The average Bonchev–Trinajstić information content (AvgIpc) is 3.09. The first-order chi connectivity index (χ1) is 15.1. The lowest BCUT2D eigenvalue weighted by atomic mass is 9.91. The number of likely N-dealkylation sites (tertiary alicyclic amines) is 1. The molecule has 1 saturated carbocycles. The third-order valence-corrected chi connectivity index (χ3v) is 8.16. The second kappa shape index (κ2) is 7.25. The van der Waals surface area contributed by atoms with Crippen LogP contribution in [0.3, 0.4) is 0 Å². The maximum Gasteiger partial charge on any atom is 0.276 e. The summed E-state index contributed by atoms with van der Waals surface area (Å²) in [5.74, 6) is -4.56. The maximum atomic E-state index is 15.1. The standard InChI is InChI=1S/C19H22F3N5O4S/c1-25-17-16(27(32(25,29)30)9-11-8-19(11,21)22)3-2-14(23-17)12-4-6-26(10-13(12)20)18(28)15-5-7-31-24-15/h2-3,5,7,11-13,29-30H,4,6,8-10H2,1H3. The molecule has 5 rings (SSSR count). The fraction of sp³-hybridized carbons (Fsp3) is 0.526. The minimum atomic E-state index is -3.53. The van der Waals surface area contributed by atoms with Gasteiger partial charge in [-0.1, -0.05) is 5.16 Å². The van der Waals surface area contributed by atoms with Crippen LogP contribution in [0.4, 0.5) is 24.7 Å². The van der Waals surface area contributed by atoms with E-state index in [4.69, 9.17) is 0 Å². The Kier molecular flexibility index (Phi) is 4.84. The molecule has 2 aromatic heterocycles. The summed E-state index contributed by atoms with van der Waals surface area (Å²) >= 11 is 0. The van der Waals surface area contributed by atoms with E-state index in [9.17, 15) is 22.7 Å². The molecule has 32 heavy (non-hydrogen) atoms. The van der Waals surface area contributed by atoms with Gasteiger partial charge in [0.15, 0.2) is 11.5 Å². The summed E-state index contributed by atoms with van der Waals surface area (Å²) in [4.78, 5) is 18.2. The number of halogens is 3. The summed E-state index contributed by atoms with van der Waals surface area (Å²) < 4.78 is 70.1. The summed E-state index contributed by atoms with van der Waals surface area (Å²) in [6.07, 6.45) is -0.0955. The van der Waals surface area contributed by atoms with Gasteiger partial charge < -0.3 is 9.42 Å². The first-order valence-electron chi connectivity index (χ1n) is 10.1. The lowest BCUT2D eigenvalue weighted by Crippen LogP contribution is -2.44. The molecule has 2 fully saturated rings. The van der Waals surface area contributed by atoms with E-state index >= 15 is 4.39 Å². The van der Waals surface area contributed by atoms with E-state index in [0.29, 0.717) is 24.3 Å². The van der Waals surface area contributed by atoms with Crippen molar-refractivity contribution in [3.8, 4) is 0 Å². The van der Waals surface area contributed by atoms with Gasteiger partial charge in [0.1, 0.15) is 18.1 Å². The second-order valence-electron chi connectivity index (χ2n) is 8.34. The predicted molar refractivity (Wildman–Crippen MR) is 111 cm³/mol. The van der Waals surface area contributed by atoms with E-state index in [-0.39, 0.29) is 31.0 Å². The first-order valence-corrected chi connectivity index (χ1v) is 11.6. The van der Waals surface area contributed by atoms with Crippen LogP contribution in [0, 0.1) is 5.92 Å². The van der Waals surface area contributed by atoms with E-state index < -0.39 is 40.8 Å². The molecule has 2 N–H and O–H groups in total. The normalized spacial score (nSPS) is 29.1. The van der Waals surface area contributed by atoms with Crippen molar-refractivity contribution in [2.75, 3.05) is 35.3 Å². The number of alkyl halides is 3. The van der Waals surface area contributed by atoms with Crippen LogP contribution in [0.2, 0.25) is 0 Å². The van der Waals surface area contributed by atoms with Crippen molar-refractivity contribution in [1.82, 2.24) is 15.0 Å². The number of anilines is 2. The molecule has 9 nitrogen and oxygen atoms in total. The quantitative estimate of drug-likeness (QED) is 0.695. The van der Waals surface area contributed by atoms with Gasteiger partial charge in [-0.2, -0.15) is 0 Å². The van der Waals surface area contributed by atoms with Gasteiger partial charge in [-0.25, -0.2) is 26.8 Å². The second-order valence-corrected chi connectivity index (χ2v) is 10.3. The van der Waals surface area contributed by atoms with Crippen molar-refractivity contribution in [3.63, 3.8) is 0 Å². The van der Waals surface area contributed by atoms with E-state index in [2.05, 4.69) is 14.7 Å². The highest BCUT2D eigenvalue weighted by molar-refractivity contribution is 8.26. The van der Waals surface area contributed by atoms with Crippen LogP contribution < -0.4 is 8.61 Å². The molecule has 3 atom stereocenters. The van der Waals surface area contributed by atoms with Crippen molar-refractivity contribution in [2.45, 2.75) is 30.9 Å². The maximum absolute atomic E-state index is 15.1. The molecule has 0 spiro atoms. The highest BCUT2D eigenvalue weighted by Crippen LogP contribution is 2.62. The number of nitrogens with zero attached hydrogens (tertiary/aromatic N) is 5. The van der Waals surface area contributed by atoms with Gasteiger partial charge in [0.25, 0.3) is 11.8 Å². The lowest BCUT2D eigenvalue weighted by molar-refractivity contribution is 0.0586. The van der Waals surface area contributed by atoms with Gasteiger partial charge in [-0.15, -0.1) is 0 Å². The Labute approximate surface area is 183 Å². The molecule has 3 aliphatic rings. The minimum absolute atomic E-state index is 0.111. The van der Waals surface area contributed by atoms with Crippen LogP contribution >= 0.6 is 11.0 Å². The third-order valence-electron chi connectivity index (χ3n) is 6.31. The Hall–Kier alpha value is -2.51. The zero-order chi connectivity index (χ0) is 22.8. The number of rotatable bonds is 4. The topological polar surface area (TPSA) is 106 Å². The van der Waals surface area contributed by atoms with Crippen LogP contribution in [0.1, 0.15) is 34.9 Å². The Morgan fingerprint density at radius 3 is 2.72 bits per heavy atom. The van der Waals surface area contributed by atoms with Gasteiger partial charge in [-0.3, -0.25) is 13.9 Å². The van der Waals surface area contributed by atoms with Gasteiger partial charge in [-0.05, 0) is 29.5 Å². The first kappa shape index (κ1) is 21.3. The van der Waals surface area contributed by atoms with Gasteiger partial charge >= 0.3 is 0 Å². The molecule has 1 aliphatic carbocycles. The molecular weight excluding hydrogens is 451 g/mol. The third kappa shape index (κ3) is 3.39. The van der Waals surface area contributed by atoms with Crippen molar-refractivity contribution in [1.29, 1.82) is 0 Å². The molecule has 1 amide bonds. The van der Waals surface area contributed by atoms with Gasteiger partial charge in [0.05, 0.1) is 6.54 Å². The Morgan fingerprint density at radius 1 is 1.34 bits per heavy atom. The summed E-state index contributed by atoms with van der Waals surface area (Å²) in [5, 5.41) is 3.59. The summed E-state index contributed by atoms with van der Waals surface area (Å²) in [6, 6.07) is 4.56. The monoisotopic (exact) mass is 473 g/mol. The molecule has 2 aliphatic heterocycles. The van der Waals surface area contributed by atoms with Crippen LogP contribution in [0.15, 0.2) is 29.0 Å². The Bertz CT molecular complexity index is 1040. The summed E-state index contributed by atoms with van der Waals surface area (Å²) in [5.41, 5.74) is 0.845. The zero-order valence-electron chi connectivity index (χ0n) is 17.1. The van der Waals surface area contributed by atoms with E-state index in [1.54, 1.807) is 12.1 Å². The molecule has 3 unspecified atom stereocenters. The molecule has 2 aromatic rings. The van der Waals surface area contributed by atoms with E-state index in [0.717, 1.165) is 8.61 Å². The highest BCUT2D eigenvalue weighted by Gasteiger charge is 2.59. The fourth-order valence-electron chi connectivity index (χ4n) is 4.26. The Balaban J connectivity index is 1.34. The number of carbonyl (C=O) groups excluding carboxylic acids is 1. The SMILES string of the molecule is CN1c2nc(C3CCN(C(=O)c4ccon4)CC3F)ccc2N(CC2CC2(F)F)S1(O)O. The van der Waals surface area contributed by atoms with Gasteiger partial charge in [0, 0.05) is 50.2 Å². The molecule has 0 bridgehead atoms. The lowest BCUT2D eigenvalue weighted by Gasteiger charge is -2.41. The van der Waals surface area contributed by atoms with Crippen LogP contribution in [0.25, 0.3) is 0 Å². The number of hydrogen-bond acceptors (Lipinski definition) is 8. The molecule has 13 heteroatoms. The number of carbonyl (C=O) groups is 1. The van der Waals surface area contributed by atoms with Crippen molar-refractivity contribution in [3.05, 3.63) is 35.9 Å². The van der Waals surface area contributed by atoms with Crippen molar-refractivity contribution in [2.24, 2.45) is 5.92 Å². The molecule has 174 valence electrons. The minimum Gasteiger partial charge on any atom is -0.364 e. The number of fused-ring (bicyclic) bond motifs is 1. The molecule has 0 aromatic carbocycles. The molecule has 1 saturated heterocycles. The zero-order valence-corrected chi connectivity index (χ0v) is 17.9. The van der Waals surface area contributed by atoms with Crippen molar-refractivity contribution >= 4 is 28.4 Å². The number of aromatic nitrogens is 2. The number of amides is 1. The average molecular weight is 473 g/mol. The van der Waals surface area contributed by atoms with Crippen LogP contribution in [-0.4, -0.2) is 68.8 Å². The smallest absolute Gasteiger partial charge is 0.276 e. The number of pyridine rings is 1. The van der Waals surface area contributed by atoms with Crippen molar-refractivity contribution < 1.29 is 31.6 Å². The predicted octanol–water partition coefficient (Wildman–Crippen LogP) is 3.53. The van der Waals surface area contributed by atoms with Crippen LogP contribution in [-0.2, 0) is 0 Å². The van der Waals surface area contributed by atoms with Crippen LogP contribution in [0.5, 0.6) is 0 Å².